The summed E-state index contributed by atoms with van der Waals surface area (Å²) in [5.41, 5.74) is 1.66. The van der Waals surface area contributed by atoms with Gasteiger partial charge in [-0.3, -0.25) is 9.48 Å². The number of sulfonamides is 1. The van der Waals surface area contributed by atoms with E-state index in [1.54, 1.807) is 29.9 Å². The van der Waals surface area contributed by atoms with Crippen LogP contribution in [0.1, 0.15) is 37.1 Å². The molecule has 2 aromatic carbocycles. The molecule has 0 amide bonds. The molecule has 9 heteroatoms. The predicted octanol–water partition coefficient (Wildman–Crippen LogP) is 3.59. The minimum atomic E-state index is -3.75. The van der Waals surface area contributed by atoms with Crippen LogP contribution in [0.25, 0.3) is 0 Å². The fraction of sp³-hybridized carbons (Fsp3) is 0.304. The SMILES string of the molecule is CCOC(=O)Cn1ncc2c1CCCC2NS(=O)(=O)c1ccc(Oc2ccccc2)cc1. The van der Waals surface area contributed by atoms with Gasteiger partial charge in [0.1, 0.15) is 18.0 Å². The van der Waals surface area contributed by atoms with E-state index < -0.39 is 16.1 Å². The summed E-state index contributed by atoms with van der Waals surface area (Å²) < 4.78 is 41.1. The summed E-state index contributed by atoms with van der Waals surface area (Å²) in [6.07, 6.45) is 3.82. The van der Waals surface area contributed by atoms with Crippen molar-refractivity contribution >= 4 is 16.0 Å². The lowest BCUT2D eigenvalue weighted by Gasteiger charge is -2.24. The Hall–Kier alpha value is -3.17. The molecule has 3 aromatic rings. The van der Waals surface area contributed by atoms with Gasteiger partial charge in [-0.1, -0.05) is 18.2 Å². The van der Waals surface area contributed by atoms with E-state index in [2.05, 4.69) is 9.82 Å². The molecule has 168 valence electrons. The van der Waals surface area contributed by atoms with E-state index in [1.165, 1.54) is 12.1 Å². The van der Waals surface area contributed by atoms with Crippen molar-refractivity contribution in [3.05, 3.63) is 72.1 Å². The average molecular weight is 456 g/mol. The monoisotopic (exact) mass is 455 g/mol. The van der Waals surface area contributed by atoms with Gasteiger partial charge in [0.2, 0.25) is 10.0 Å². The smallest absolute Gasteiger partial charge is 0.327 e. The Balaban J connectivity index is 1.47. The van der Waals surface area contributed by atoms with Crippen molar-refractivity contribution in [2.45, 2.75) is 43.7 Å². The average Bonchev–Trinajstić information content (AvgIpc) is 3.18. The molecule has 0 aliphatic heterocycles. The summed E-state index contributed by atoms with van der Waals surface area (Å²) in [7, 11) is -3.75. The summed E-state index contributed by atoms with van der Waals surface area (Å²) in [5, 5.41) is 4.29. The van der Waals surface area contributed by atoms with Gasteiger partial charge in [-0.2, -0.15) is 5.10 Å². The zero-order chi connectivity index (χ0) is 22.6. The molecule has 4 rings (SSSR count). The van der Waals surface area contributed by atoms with E-state index in [0.717, 1.165) is 24.1 Å². The van der Waals surface area contributed by atoms with E-state index in [4.69, 9.17) is 9.47 Å². The molecule has 0 spiro atoms. The van der Waals surface area contributed by atoms with Crippen molar-refractivity contribution in [3.63, 3.8) is 0 Å². The van der Waals surface area contributed by atoms with Crippen molar-refractivity contribution in [3.8, 4) is 11.5 Å². The number of nitrogens with one attached hydrogen (secondary N) is 1. The first-order chi connectivity index (χ1) is 15.5. The van der Waals surface area contributed by atoms with Crippen LogP contribution in [0.4, 0.5) is 0 Å². The van der Waals surface area contributed by atoms with Gasteiger partial charge in [0.15, 0.2) is 0 Å². The number of fused-ring (bicyclic) bond motifs is 1. The van der Waals surface area contributed by atoms with Gasteiger partial charge in [0, 0.05) is 11.3 Å². The number of hydrogen-bond donors (Lipinski definition) is 1. The lowest BCUT2D eigenvalue weighted by atomic mass is 9.94. The minimum Gasteiger partial charge on any atom is -0.465 e. The van der Waals surface area contributed by atoms with Crippen molar-refractivity contribution < 1.29 is 22.7 Å². The third-order valence-corrected chi connectivity index (χ3v) is 6.74. The van der Waals surface area contributed by atoms with Gasteiger partial charge in [0.05, 0.1) is 23.7 Å². The molecule has 1 aliphatic carbocycles. The lowest BCUT2D eigenvalue weighted by Crippen LogP contribution is -2.31. The molecule has 0 saturated carbocycles. The fourth-order valence-electron chi connectivity index (χ4n) is 3.77. The van der Waals surface area contributed by atoms with Gasteiger partial charge < -0.3 is 9.47 Å². The minimum absolute atomic E-state index is 0.0194. The Labute approximate surface area is 187 Å². The molecule has 1 unspecified atom stereocenters. The first-order valence-corrected chi connectivity index (χ1v) is 12.0. The highest BCUT2D eigenvalue weighted by Crippen LogP contribution is 2.31. The second-order valence-corrected chi connectivity index (χ2v) is 9.18. The van der Waals surface area contributed by atoms with Crippen molar-refractivity contribution in [2.24, 2.45) is 0 Å². The van der Waals surface area contributed by atoms with Gasteiger partial charge in [-0.25, -0.2) is 13.1 Å². The molecule has 8 nitrogen and oxygen atoms in total. The highest BCUT2D eigenvalue weighted by Gasteiger charge is 2.29. The lowest BCUT2D eigenvalue weighted by molar-refractivity contribution is -0.144. The van der Waals surface area contributed by atoms with Crippen molar-refractivity contribution in [1.29, 1.82) is 0 Å². The van der Waals surface area contributed by atoms with E-state index >= 15 is 0 Å². The Morgan fingerprint density at radius 2 is 1.84 bits per heavy atom. The van der Waals surface area contributed by atoms with Gasteiger partial charge >= 0.3 is 5.97 Å². The topological polar surface area (TPSA) is 99.5 Å². The normalized spacial score (nSPS) is 15.7. The fourth-order valence-corrected chi connectivity index (χ4v) is 5.02. The number of para-hydroxylation sites is 1. The second kappa shape index (κ2) is 9.54. The molecule has 0 radical (unpaired) electrons. The Kier molecular flexibility index (Phi) is 6.57. The van der Waals surface area contributed by atoms with Crippen LogP contribution >= 0.6 is 0 Å². The first kappa shape index (κ1) is 22.0. The Bertz CT molecular complexity index is 1170. The van der Waals surface area contributed by atoms with Gasteiger partial charge in [-0.15, -0.1) is 0 Å². The summed E-state index contributed by atoms with van der Waals surface area (Å²) in [4.78, 5) is 12.0. The molecule has 1 heterocycles. The number of ether oxygens (including phenoxy) is 2. The van der Waals surface area contributed by atoms with Crippen molar-refractivity contribution in [1.82, 2.24) is 14.5 Å². The maximum atomic E-state index is 13.0. The molecule has 1 atom stereocenters. The van der Waals surface area contributed by atoms with Crippen LogP contribution in [-0.4, -0.2) is 30.8 Å². The van der Waals surface area contributed by atoms with Gasteiger partial charge in [-0.05, 0) is 62.6 Å². The van der Waals surface area contributed by atoms with Crippen LogP contribution in [0, 0.1) is 0 Å². The van der Waals surface area contributed by atoms with Crippen LogP contribution in [0.3, 0.4) is 0 Å². The van der Waals surface area contributed by atoms with Crippen LogP contribution in [0.5, 0.6) is 11.5 Å². The highest BCUT2D eigenvalue weighted by molar-refractivity contribution is 7.89. The van der Waals surface area contributed by atoms with Crippen molar-refractivity contribution in [2.75, 3.05) is 6.61 Å². The van der Waals surface area contributed by atoms with Gasteiger partial charge in [0.25, 0.3) is 0 Å². The number of esters is 1. The molecule has 0 bridgehead atoms. The summed E-state index contributed by atoms with van der Waals surface area (Å²) in [6, 6.07) is 15.2. The quantitative estimate of drug-likeness (QED) is 0.521. The molecular weight excluding hydrogens is 430 g/mol. The maximum Gasteiger partial charge on any atom is 0.327 e. The summed E-state index contributed by atoms with van der Waals surface area (Å²) in [5.74, 6) is 0.866. The molecule has 0 fully saturated rings. The summed E-state index contributed by atoms with van der Waals surface area (Å²) in [6.45, 7) is 2.08. The number of rotatable bonds is 8. The molecule has 32 heavy (non-hydrogen) atoms. The molecular formula is C23H25N3O5S. The zero-order valence-corrected chi connectivity index (χ0v) is 18.5. The van der Waals surface area contributed by atoms with Crippen LogP contribution in [0.15, 0.2) is 65.7 Å². The number of nitrogens with zero attached hydrogens (tertiary/aromatic N) is 2. The molecule has 1 N–H and O–H groups in total. The van der Waals surface area contributed by atoms with Crippen LogP contribution in [-0.2, 0) is 32.5 Å². The Morgan fingerprint density at radius 3 is 2.56 bits per heavy atom. The molecule has 1 aliphatic rings. The first-order valence-electron chi connectivity index (χ1n) is 10.5. The summed E-state index contributed by atoms with van der Waals surface area (Å²) >= 11 is 0. The number of aromatic nitrogens is 2. The largest absolute Gasteiger partial charge is 0.465 e. The van der Waals surface area contributed by atoms with E-state index in [1.807, 2.05) is 30.3 Å². The molecule has 0 saturated heterocycles. The van der Waals surface area contributed by atoms with E-state index in [0.29, 0.717) is 24.5 Å². The number of benzene rings is 2. The van der Waals surface area contributed by atoms with E-state index in [-0.39, 0.29) is 17.4 Å². The second-order valence-electron chi connectivity index (χ2n) is 7.46. The zero-order valence-electron chi connectivity index (χ0n) is 17.7. The van der Waals surface area contributed by atoms with Crippen LogP contribution < -0.4 is 9.46 Å². The number of carbonyl (C=O) groups is 1. The Morgan fingerprint density at radius 1 is 1.12 bits per heavy atom. The third-order valence-electron chi connectivity index (χ3n) is 5.26. The number of hydrogen-bond acceptors (Lipinski definition) is 6. The maximum absolute atomic E-state index is 13.0. The highest BCUT2D eigenvalue weighted by atomic mass is 32.2. The predicted molar refractivity (Wildman–Crippen MR) is 118 cm³/mol. The number of carbonyl (C=O) groups excluding carboxylic acids is 1. The standard InChI is InChI=1S/C23H25N3O5S/c1-2-30-23(27)16-26-22-10-6-9-21(20(22)15-24-26)25-32(28,29)19-13-11-18(12-14-19)31-17-7-4-3-5-8-17/h3-5,7-8,11-15,21,25H,2,6,9-10,16H2,1H3. The third kappa shape index (κ3) is 5.00. The van der Waals surface area contributed by atoms with E-state index in [9.17, 15) is 13.2 Å². The van der Waals surface area contributed by atoms with Crippen LogP contribution in [0.2, 0.25) is 0 Å². The molecule has 1 aromatic heterocycles.